The Balaban J connectivity index is 0.00000162. The van der Waals surface area contributed by atoms with Crippen molar-refractivity contribution in [3.05, 3.63) is 28.1 Å². The molecule has 0 amide bonds. The Morgan fingerprint density at radius 2 is 1.67 bits per heavy atom. The first-order valence-electron chi connectivity index (χ1n) is 6.28. The molecule has 18 heavy (non-hydrogen) atoms. The van der Waals surface area contributed by atoms with Gasteiger partial charge in [0.2, 0.25) is 0 Å². The van der Waals surface area contributed by atoms with Gasteiger partial charge in [-0.1, -0.05) is 21.3 Å². The van der Waals surface area contributed by atoms with E-state index in [0.29, 0.717) is 0 Å². The number of hydrogen-bond acceptors (Lipinski definition) is 2. The molecule has 2 rings (SSSR count). The van der Waals surface area contributed by atoms with Crippen LogP contribution in [0.2, 0.25) is 0 Å². The summed E-state index contributed by atoms with van der Waals surface area (Å²) in [4.78, 5) is 0. The maximum absolute atomic E-state index is 6.23. The molecule has 2 N–H and O–H groups in total. The van der Waals surface area contributed by atoms with Gasteiger partial charge in [0.25, 0.3) is 0 Å². The molecule has 0 aliphatic heterocycles. The molecule has 0 aromatic carbocycles. The third-order valence-corrected chi connectivity index (χ3v) is 3.85. The Labute approximate surface area is 110 Å². The topological polar surface area (TPSA) is 43.3 Å². The van der Waals surface area contributed by atoms with Gasteiger partial charge in [-0.2, -0.15) is 5.10 Å². The molecule has 3 nitrogen and oxygen atoms in total. The zero-order chi connectivity index (χ0) is 12.7. The molecule has 0 bridgehead atoms. The van der Waals surface area contributed by atoms with Crippen LogP contribution in [0.1, 0.15) is 49.4 Å². The predicted molar refractivity (Wildman–Crippen MR) is 79.3 cm³/mol. The van der Waals surface area contributed by atoms with Gasteiger partial charge in [-0.3, -0.25) is 0 Å². The number of nitrogens with two attached hydrogens (primary N) is 1. The molecule has 0 atom stereocenters. The fourth-order valence-corrected chi connectivity index (χ4v) is 2.54. The number of pyridine rings is 1. The van der Waals surface area contributed by atoms with Gasteiger partial charge in [0.15, 0.2) is 0 Å². The molecule has 0 aliphatic carbocycles. The lowest BCUT2D eigenvalue weighted by Gasteiger charge is -2.13. The third-order valence-electron chi connectivity index (χ3n) is 3.85. The standard InChI is InChI=1S/C14H21N3.CH4/c1-6-11-9(4)8(3)10(5)17-14(11)13(15)12(7-2)16-17;/h6-7,15H2,1-5H3;1H4. The minimum atomic E-state index is 0. The smallest absolute Gasteiger partial charge is 0.0932 e. The number of hydrogen-bond donors (Lipinski definition) is 1. The summed E-state index contributed by atoms with van der Waals surface area (Å²) in [6.45, 7) is 10.7. The van der Waals surface area contributed by atoms with E-state index in [1.807, 2.05) is 4.52 Å². The molecular formula is C15H25N3. The fraction of sp³-hybridized carbons (Fsp3) is 0.533. The van der Waals surface area contributed by atoms with Crippen molar-refractivity contribution in [1.82, 2.24) is 9.61 Å². The summed E-state index contributed by atoms with van der Waals surface area (Å²) < 4.78 is 2.02. The quantitative estimate of drug-likeness (QED) is 0.881. The minimum Gasteiger partial charge on any atom is -0.395 e. The molecule has 0 aliphatic rings. The average molecular weight is 247 g/mol. The van der Waals surface area contributed by atoms with Crippen molar-refractivity contribution < 1.29 is 0 Å². The van der Waals surface area contributed by atoms with E-state index in [4.69, 9.17) is 5.73 Å². The lowest BCUT2D eigenvalue weighted by atomic mass is 9.99. The number of fused-ring (bicyclic) bond motifs is 1. The molecule has 0 unspecified atom stereocenters. The van der Waals surface area contributed by atoms with Crippen LogP contribution in [0.4, 0.5) is 5.69 Å². The van der Waals surface area contributed by atoms with Crippen LogP contribution in [0, 0.1) is 20.8 Å². The first-order chi connectivity index (χ1) is 8.02. The normalized spacial score (nSPS) is 10.7. The van der Waals surface area contributed by atoms with Crippen LogP contribution in [-0.2, 0) is 12.8 Å². The number of rotatable bonds is 2. The second-order valence-electron chi connectivity index (χ2n) is 4.64. The van der Waals surface area contributed by atoms with E-state index in [9.17, 15) is 0 Å². The van der Waals surface area contributed by atoms with E-state index in [1.54, 1.807) is 0 Å². The lowest BCUT2D eigenvalue weighted by Crippen LogP contribution is -2.04. The van der Waals surface area contributed by atoms with E-state index in [2.05, 4.69) is 39.7 Å². The average Bonchev–Trinajstić information content (AvgIpc) is 2.65. The highest BCUT2D eigenvalue weighted by Gasteiger charge is 2.17. The number of nitrogens with zero attached hydrogens (tertiary/aromatic N) is 2. The van der Waals surface area contributed by atoms with E-state index >= 15 is 0 Å². The van der Waals surface area contributed by atoms with Crippen LogP contribution in [0.5, 0.6) is 0 Å². The van der Waals surface area contributed by atoms with Gasteiger partial charge in [-0.15, -0.1) is 0 Å². The van der Waals surface area contributed by atoms with Gasteiger partial charge in [0.05, 0.1) is 16.9 Å². The van der Waals surface area contributed by atoms with Crippen LogP contribution >= 0.6 is 0 Å². The van der Waals surface area contributed by atoms with Crippen LogP contribution in [-0.4, -0.2) is 9.61 Å². The van der Waals surface area contributed by atoms with Crippen LogP contribution < -0.4 is 5.73 Å². The summed E-state index contributed by atoms with van der Waals surface area (Å²) in [5.41, 5.74) is 14.4. The SMILES string of the molecule is C.CCc1nn2c(C)c(C)c(C)c(CC)c2c1N. The third kappa shape index (κ3) is 1.78. The van der Waals surface area contributed by atoms with Gasteiger partial charge in [-0.05, 0) is 50.3 Å². The molecule has 0 fully saturated rings. The maximum Gasteiger partial charge on any atom is 0.0932 e. The molecule has 0 radical (unpaired) electrons. The second-order valence-corrected chi connectivity index (χ2v) is 4.64. The maximum atomic E-state index is 6.23. The molecule has 0 saturated carbocycles. The molecule has 0 spiro atoms. The molecule has 2 heterocycles. The van der Waals surface area contributed by atoms with Crippen molar-refractivity contribution in [2.45, 2.75) is 54.9 Å². The Morgan fingerprint density at radius 1 is 1.06 bits per heavy atom. The van der Waals surface area contributed by atoms with Gasteiger partial charge in [0, 0.05) is 5.69 Å². The summed E-state index contributed by atoms with van der Waals surface area (Å²) >= 11 is 0. The van der Waals surface area contributed by atoms with Crippen molar-refractivity contribution in [2.75, 3.05) is 5.73 Å². The van der Waals surface area contributed by atoms with Crippen LogP contribution in [0.3, 0.4) is 0 Å². The first kappa shape index (κ1) is 14.6. The van der Waals surface area contributed by atoms with Crippen molar-refractivity contribution in [2.24, 2.45) is 0 Å². The molecule has 100 valence electrons. The summed E-state index contributed by atoms with van der Waals surface area (Å²) in [6.07, 6.45) is 1.88. The van der Waals surface area contributed by atoms with Crippen LogP contribution in [0.15, 0.2) is 0 Å². The zero-order valence-electron chi connectivity index (χ0n) is 11.4. The molecule has 3 heteroatoms. The largest absolute Gasteiger partial charge is 0.395 e. The van der Waals surface area contributed by atoms with Gasteiger partial charge < -0.3 is 5.73 Å². The first-order valence-corrected chi connectivity index (χ1v) is 6.28. The highest BCUT2D eigenvalue weighted by atomic mass is 15.2. The monoisotopic (exact) mass is 247 g/mol. The van der Waals surface area contributed by atoms with Gasteiger partial charge >= 0.3 is 0 Å². The van der Waals surface area contributed by atoms with E-state index in [-0.39, 0.29) is 7.43 Å². The lowest BCUT2D eigenvalue weighted by molar-refractivity contribution is 0.848. The Kier molecular flexibility index (Phi) is 4.05. The summed E-state index contributed by atoms with van der Waals surface area (Å²) in [5.74, 6) is 0. The predicted octanol–water partition coefficient (Wildman–Crippen LogP) is 3.60. The number of aromatic nitrogens is 2. The number of nitrogen functional groups attached to an aromatic ring is 1. The van der Waals surface area contributed by atoms with Gasteiger partial charge in [0.1, 0.15) is 0 Å². The Hall–Kier alpha value is -1.51. The number of anilines is 1. The van der Waals surface area contributed by atoms with E-state index in [1.165, 1.54) is 22.4 Å². The zero-order valence-corrected chi connectivity index (χ0v) is 11.4. The van der Waals surface area contributed by atoms with Crippen LogP contribution in [0.25, 0.3) is 5.52 Å². The van der Waals surface area contributed by atoms with Crippen molar-refractivity contribution >= 4 is 11.2 Å². The van der Waals surface area contributed by atoms with E-state index < -0.39 is 0 Å². The highest BCUT2D eigenvalue weighted by Crippen LogP contribution is 2.29. The molecule has 0 saturated heterocycles. The summed E-state index contributed by atoms with van der Waals surface area (Å²) in [6, 6.07) is 0. The second kappa shape index (κ2) is 5.01. The van der Waals surface area contributed by atoms with Crippen molar-refractivity contribution in [3.63, 3.8) is 0 Å². The number of aryl methyl sites for hydroxylation is 3. The highest BCUT2D eigenvalue weighted by molar-refractivity contribution is 5.78. The van der Waals surface area contributed by atoms with E-state index in [0.717, 1.165) is 29.7 Å². The molecule has 2 aromatic rings. The van der Waals surface area contributed by atoms with Crippen molar-refractivity contribution in [3.8, 4) is 0 Å². The Bertz CT molecular complexity index is 579. The van der Waals surface area contributed by atoms with Gasteiger partial charge in [-0.25, -0.2) is 4.52 Å². The molecular weight excluding hydrogens is 222 g/mol. The summed E-state index contributed by atoms with van der Waals surface area (Å²) in [7, 11) is 0. The minimum absolute atomic E-state index is 0. The summed E-state index contributed by atoms with van der Waals surface area (Å²) in [5, 5.41) is 4.63. The fourth-order valence-electron chi connectivity index (χ4n) is 2.54. The van der Waals surface area contributed by atoms with Crippen molar-refractivity contribution in [1.29, 1.82) is 0 Å². The Morgan fingerprint density at radius 3 is 2.17 bits per heavy atom. The molecule has 2 aromatic heterocycles.